The Morgan fingerprint density at radius 1 is 1.21 bits per heavy atom. The minimum absolute atomic E-state index is 0.0237. The summed E-state index contributed by atoms with van der Waals surface area (Å²) < 4.78 is 38.3. The fourth-order valence-corrected chi connectivity index (χ4v) is 8.29. The molecule has 4 aliphatic carbocycles. The van der Waals surface area contributed by atoms with Crippen LogP contribution in [0, 0.1) is 23.6 Å². The molecule has 1 aromatic rings. The Balaban J connectivity index is 1.10. The second-order valence-electron chi connectivity index (χ2n) is 12.0. The zero-order valence-corrected chi connectivity index (χ0v) is 22.6. The number of nitrogens with one attached hydrogen (secondary N) is 2. The predicted molar refractivity (Wildman–Crippen MR) is 142 cm³/mol. The Bertz CT molecular complexity index is 1280. The molecule has 4 atom stereocenters. The van der Waals surface area contributed by atoms with Crippen LogP contribution in [-0.4, -0.2) is 79.9 Å². The zero-order chi connectivity index (χ0) is 26.8. The molecule has 2 aliphatic heterocycles. The van der Waals surface area contributed by atoms with Gasteiger partial charge in [0.1, 0.15) is 5.82 Å². The summed E-state index contributed by atoms with van der Waals surface area (Å²) in [4.78, 5) is 22.0. The third kappa shape index (κ3) is 4.68. The van der Waals surface area contributed by atoms with Crippen molar-refractivity contribution < 1.29 is 22.7 Å². The monoisotopic (exact) mass is 545 g/mol. The lowest BCUT2D eigenvalue weighted by atomic mass is 9.52. The van der Waals surface area contributed by atoms with Gasteiger partial charge in [0.05, 0.1) is 16.2 Å². The Hall–Kier alpha value is -2.66. The molecule has 6 aliphatic rings. The lowest BCUT2D eigenvalue weighted by Gasteiger charge is -2.58. The number of hydrogen-bond donors (Lipinski definition) is 3. The van der Waals surface area contributed by atoms with E-state index in [2.05, 4.69) is 15.5 Å². The third-order valence-electron chi connectivity index (χ3n) is 9.16. The average Bonchev–Trinajstić information content (AvgIpc) is 2.84. The van der Waals surface area contributed by atoms with Crippen LogP contribution in [0.5, 0.6) is 0 Å². The van der Waals surface area contributed by atoms with Crippen molar-refractivity contribution in [2.24, 2.45) is 22.7 Å². The van der Waals surface area contributed by atoms with E-state index in [0.29, 0.717) is 49.0 Å². The van der Waals surface area contributed by atoms with E-state index in [9.17, 15) is 22.7 Å². The Morgan fingerprint density at radius 3 is 2.58 bits per heavy atom. The molecule has 206 valence electrons. The summed E-state index contributed by atoms with van der Waals surface area (Å²) in [6, 6.07) is 3.49. The molecule has 4 saturated carbocycles. The van der Waals surface area contributed by atoms with E-state index in [0.717, 1.165) is 44.4 Å². The van der Waals surface area contributed by atoms with Gasteiger partial charge < -0.3 is 25.5 Å². The van der Waals surface area contributed by atoms with E-state index >= 15 is 0 Å². The molecule has 0 radical (unpaired) electrons. The molecular weight excluding hydrogens is 509 g/mol. The van der Waals surface area contributed by atoms with E-state index in [1.54, 1.807) is 12.3 Å². The van der Waals surface area contributed by atoms with Crippen molar-refractivity contribution in [1.82, 2.24) is 15.5 Å². The predicted octanol–water partition coefficient (Wildman–Crippen LogP) is 1.64. The fourth-order valence-electron chi connectivity index (χ4n) is 7.66. The second-order valence-corrected chi connectivity index (χ2v) is 14.0. The number of carbonyl (C=O) groups is 1. The highest BCUT2D eigenvalue weighted by molar-refractivity contribution is 7.90. The fraction of sp³-hybridized carbons (Fsp3) is 0.630. The smallest absolute Gasteiger partial charge is 0.249 e. The van der Waals surface area contributed by atoms with Crippen LogP contribution in [-0.2, 0) is 14.6 Å². The van der Waals surface area contributed by atoms with E-state index in [-0.39, 0.29) is 22.9 Å². The third-order valence-corrected chi connectivity index (χ3v) is 10.3. The van der Waals surface area contributed by atoms with Crippen LogP contribution in [0.2, 0.25) is 0 Å². The maximum Gasteiger partial charge on any atom is 0.249 e. The van der Waals surface area contributed by atoms with Gasteiger partial charge in [0, 0.05) is 44.2 Å². The van der Waals surface area contributed by atoms with Crippen molar-refractivity contribution in [1.29, 1.82) is 0 Å². The number of nitrogens with zero attached hydrogens (tertiary/aromatic N) is 3. The quantitative estimate of drug-likeness (QED) is 0.527. The molecule has 11 heteroatoms. The van der Waals surface area contributed by atoms with Gasteiger partial charge in [0.15, 0.2) is 21.8 Å². The summed E-state index contributed by atoms with van der Waals surface area (Å²) in [7, 11) is -3.48. The standard InChI is InChI=1S/C27H36FN5O4S/c1-16-15-32(23-4-3-20(11-21(23)28)38(2,36)37)7-8-33(16)26-29-6-5-22(30-26)25(34)31-24-18-9-17-10-19(24)14-27(35,12-17)13-18/h3-6,11,16-19,22,24,35H,7-10,12-15H2,1-2H3,(H,29,30)(H,31,34)/t16-,17?,18?,19?,22?,24?,27?/m0/s1. The number of benzene rings is 1. The van der Waals surface area contributed by atoms with Crippen molar-refractivity contribution in [3.8, 4) is 0 Å². The molecule has 9 nitrogen and oxygen atoms in total. The van der Waals surface area contributed by atoms with Crippen molar-refractivity contribution in [3.05, 3.63) is 36.3 Å². The summed E-state index contributed by atoms with van der Waals surface area (Å²) in [5.41, 5.74) is -0.158. The first-order valence-electron chi connectivity index (χ1n) is 13.5. The highest BCUT2D eigenvalue weighted by Gasteiger charge is 2.55. The number of amides is 1. The molecule has 5 fully saturated rings. The minimum atomic E-state index is -3.48. The molecule has 3 unspecified atom stereocenters. The van der Waals surface area contributed by atoms with Gasteiger partial charge >= 0.3 is 0 Å². The van der Waals surface area contributed by atoms with Crippen molar-refractivity contribution in [2.75, 3.05) is 30.8 Å². The topological polar surface area (TPSA) is 114 Å². The van der Waals surface area contributed by atoms with Gasteiger partial charge in [-0.05, 0) is 81.1 Å². The first-order valence-corrected chi connectivity index (χ1v) is 15.4. The van der Waals surface area contributed by atoms with Crippen LogP contribution in [0.25, 0.3) is 0 Å². The molecule has 4 bridgehead atoms. The number of piperazine rings is 1. The maximum absolute atomic E-state index is 14.8. The first-order chi connectivity index (χ1) is 18.0. The largest absolute Gasteiger partial charge is 0.390 e. The zero-order valence-electron chi connectivity index (χ0n) is 21.8. The summed E-state index contributed by atoms with van der Waals surface area (Å²) in [6.45, 7) is 3.63. The molecule has 2 heterocycles. The Labute approximate surface area is 223 Å². The van der Waals surface area contributed by atoms with E-state index < -0.39 is 27.3 Å². The van der Waals surface area contributed by atoms with Crippen molar-refractivity contribution in [3.63, 3.8) is 0 Å². The number of carbonyl (C=O) groups excluding carboxylic acids is 1. The number of sulfone groups is 1. The van der Waals surface area contributed by atoms with Gasteiger partial charge in [-0.2, -0.15) is 0 Å². The molecule has 38 heavy (non-hydrogen) atoms. The molecule has 1 amide bonds. The molecule has 3 N–H and O–H groups in total. The normalized spacial score (nSPS) is 36.2. The maximum atomic E-state index is 14.8. The minimum Gasteiger partial charge on any atom is -0.390 e. The van der Waals surface area contributed by atoms with Crippen LogP contribution in [0.1, 0.15) is 39.0 Å². The van der Waals surface area contributed by atoms with Crippen LogP contribution in [0.15, 0.2) is 40.4 Å². The highest BCUT2D eigenvalue weighted by atomic mass is 32.2. The molecule has 7 rings (SSSR count). The van der Waals surface area contributed by atoms with E-state index in [1.807, 2.05) is 11.8 Å². The molecule has 1 saturated heterocycles. The van der Waals surface area contributed by atoms with Gasteiger partial charge in [0.25, 0.3) is 0 Å². The Kier molecular flexibility index (Phi) is 6.21. The number of rotatable bonds is 4. The number of aliphatic imine (C=N–C) groups is 1. The van der Waals surface area contributed by atoms with E-state index in [4.69, 9.17) is 4.99 Å². The second kappa shape index (κ2) is 9.22. The van der Waals surface area contributed by atoms with Gasteiger partial charge in [-0.25, -0.2) is 17.8 Å². The summed E-state index contributed by atoms with van der Waals surface area (Å²) in [5.74, 6) is 1.21. The summed E-state index contributed by atoms with van der Waals surface area (Å²) in [6.07, 6.45) is 9.23. The van der Waals surface area contributed by atoms with Gasteiger partial charge in [-0.15, -0.1) is 0 Å². The van der Waals surface area contributed by atoms with Crippen LogP contribution < -0.4 is 15.5 Å². The number of guanidine groups is 1. The van der Waals surface area contributed by atoms with Crippen LogP contribution in [0.3, 0.4) is 0 Å². The molecular formula is C27H36FN5O4S. The first kappa shape index (κ1) is 25.6. The summed E-state index contributed by atoms with van der Waals surface area (Å²) >= 11 is 0. The Morgan fingerprint density at radius 2 is 1.95 bits per heavy atom. The van der Waals surface area contributed by atoms with Crippen molar-refractivity contribution >= 4 is 27.4 Å². The van der Waals surface area contributed by atoms with Gasteiger partial charge in [-0.3, -0.25) is 4.79 Å². The number of hydrogen-bond acceptors (Lipinski definition) is 8. The molecule has 0 aromatic heterocycles. The number of anilines is 1. The lowest BCUT2D eigenvalue weighted by molar-refractivity contribution is -0.146. The molecule has 0 spiro atoms. The number of aliphatic hydroxyl groups is 1. The lowest BCUT2D eigenvalue weighted by Crippen LogP contribution is -2.62. The van der Waals surface area contributed by atoms with Crippen molar-refractivity contribution in [2.45, 2.75) is 67.6 Å². The van der Waals surface area contributed by atoms with Crippen LogP contribution >= 0.6 is 0 Å². The van der Waals surface area contributed by atoms with E-state index in [1.165, 1.54) is 12.1 Å². The van der Waals surface area contributed by atoms with Gasteiger partial charge in [-0.1, -0.05) is 0 Å². The average molecular weight is 546 g/mol. The SMILES string of the molecule is C[C@H]1CN(c2ccc(S(C)(=O)=O)cc2F)CCN1C1=NC(C(=O)NC2C3CC4CC2CC(O)(C4)C3)C=CN1. The van der Waals surface area contributed by atoms with Gasteiger partial charge in [0.2, 0.25) is 5.91 Å². The number of halogens is 1. The molecule has 1 aromatic carbocycles. The highest BCUT2D eigenvalue weighted by Crippen LogP contribution is 2.55. The van der Waals surface area contributed by atoms with Crippen LogP contribution in [0.4, 0.5) is 10.1 Å². The summed E-state index contributed by atoms with van der Waals surface area (Å²) in [5, 5.41) is 17.3.